The number of benzene rings is 1. The molecule has 1 aromatic carbocycles. The number of nitrogens with zero attached hydrogens (tertiary/aromatic N) is 1. The van der Waals surface area contributed by atoms with Crippen molar-refractivity contribution in [3.63, 3.8) is 0 Å². The van der Waals surface area contributed by atoms with Crippen LogP contribution in [-0.4, -0.2) is 7.05 Å². The van der Waals surface area contributed by atoms with Gasteiger partial charge in [-0.2, -0.15) is 0 Å². The molecule has 2 aromatic rings. The maximum absolute atomic E-state index is 6.04. The van der Waals surface area contributed by atoms with Gasteiger partial charge in [0.05, 0.1) is 23.2 Å². The summed E-state index contributed by atoms with van der Waals surface area (Å²) in [6.07, 6.45) is 3.41. The van der Waals surface area contributed by atoms with Gasteiger partial charge in [-0.15, -0.1) is 0 Å². The van der Waals surface area contributed by atoms with Gasteiger partial charge in [0.15, 0.2) is 0 Å². The van der Waals surface area contributed by atoms with E-state index in [1.165, 1.54) is 0 Å². The fourth-order valence-corrected chi connectivity index (χ4v) is 2.00. The molecule has 0 atom stereocenters. The molecule has 1 heterocycles. The van der Waals surface area contributed by atoms with Crippen LogP contribution >= 0.6 is 11.6 Å². The first-order valence-corrected chi connectivity index (χ1v) is 5.73. The first kappa shape index (κ1) is 11.9. The molecule has 0 saturated heterocycles. The molecule has 4 heteroatoms. The normalized spacial score (nSPS) is 10.5. The van der Waals surface area contributed by atoms with Gasteiger partial charge in [-0.05, 0) is 30.7 Å². The van der Waals surface area contributed by atoms with Crippen molar-refractivity contribution in [2.75, 3.05) is 17.7 Å². The Bertz CT molecular complexity index is 508. The molecular weight excluding hydrogens is 236 g/mol. The highest BCUT2D eigenvalue weighted by atomic mass is 35.5. The minimum Gasteiger partial charge on any atom is -0.472 e. The van der Waals surface area contributed by atoms with Gasteiger partial charge in [-0.3, -0.25) is 0 Å². The molecule has 1 aromatic heterocycles. The van der Waals surface area contributed by atoms with E-state index in [0.717, 1.165) is 23.4 Å². The van der Waals surface area contributed by atoms with Gasteiger partial charge in [0, 0.05) is 24.8 Å². The van der Waals surface area contributed by atoms with Crippen molar-refractivity contribution in [3.05, 3.63) is 46.9 Å². The van der Waals surface area contributed by atoms with Crippen molar-refractivity contribution in [1.29, 1.82) is 0 Å². The van der Waals surface area contributed by atoms with Crippen LogP contribution in [0.2, 0.25) is 5.02 Å². The molecule has 0 saturated carbocycles. The van der Waals surface area contributed by atoms with E-state index in [0.29, 0.717) is 10.7 Å². The monoisotopic (exact) mass is 250 g/mol. The minimum absolute atomic E-state index is 0.588. The average Bonchev–Trinajstić information content (AvgIpc) is 2.76. The Morgan fingerprint density at radius 2 is 2.18 bits per heavy atom. The first-order chi connectivity index (χ1) is 8.08. The summed E-state index contributed by atoms with van der Waals surface area (Å²) in [4.78, 5) is 2.12. The molecule has 0 unspecified atom stereocenters. The Kier molecular flexibility index (Phi) is 3.29. The van der Waals surface area contributed by atoms with Crippen LogP contribution in [-0.2, 0) is 6.54 Å². The first-order valence-electron chi connectivity index (χ1n) is 5.36. The number of anilines is 2. The Labute approximate surface area is 106 Å². The lowest BCUT2D eigenvalue weighted by Crippen LogP contribution is -2.17. The Balaban J connectivity index is 2.24. The number of hydrogen-bond donors (Lipinski definition) is 1. The maximum Gasteiger partial charge on any atom is 0.0952 e. The summed E-state index contributed by atoms with van der Waals surface area (Å²) in [5.41, 5.74) is 9.68. The Hall–Kier alpha value is -1.61. The van der Waals surface area contributed by atoms with Crippen molar-refractivity contribution in [2.45, 2.75) is 13.5 Å². The number of nitrogens with two attached hydrogens (primary N) is 1. The summed E-state index contributed by atoms with van der Waals surface area (Å²) in [6, 6.07) is 5.74. The Morgan fingerprint density at radius 3 is 2.82 bits per heavy atom. The number of halogens is 1. The molecular formula is C13H15ClN2O. The zero-order valence-electron chi connectivity index (χ0n) is 9.90. The van der Waals surface area contributed by atoms with Crippen LogP contribution in [0, 0.1) is 6.92 Å². The van der Waals surface area contributed by atoms with Crippen LogP contribution in [0.15, 0.2) is 35.1 Å². The third-order valence-corrected chi connectivity index (χ3v) is 3.05. The molecule has 17 heavy (non-hydrogen) atoms. The van der Waals surface area contributed by atoms with E-state index in [1.54, 1.807) is 12.5 Å². The average molecular weight is 251 g/mol. The lowest BCUT2D eigenvalue weighted by molar-refractivity contribution is 0.563. The van der Waals surface area contributed by atoms with Gasteiger partial charge in [0.1, 0.15) is 0 Å². The van der Waals surface area contributed by atoms with Crippen LogP contribution in [0.4, 0.5) is 11.4 Å². The highest BCUT2D eigenvalue weighted by molar-refractivity contribution is 6.33. The van der Waals surface area contributed by atoms with Crippen LogP contribution in [0.1, 0.15) is 11.1 Å². The number of nitrogen functional groups attached to an aromatic ring is 1. The van der Waals surface area contributed by atoms with E-state index in [-0.39, 0.29) is 0 Å². The van der Waals surface area contributed by atoms with Gasteiger partial charge in [0.2, 0.25) is 0 Å². The van der Waals surface area contributed by atoms with Crippen molar-refractivity contribution in [2.24, 2.45) is 0 Å². The van der Waals surface area contributed by atoms with E-state index in [9.17, 15) is 0 Å². The third-order valence-electron chi connectivity index (χ3n) is 2.73. The van der Waals surface area contributed by atoms with Crippen LogP contribution in [0.3, 0.4) is 0 Å². The summed E-state index contributed by atoms with van der Waals surface area (Å²) in [5, 5.41) is 0.588. The molecule has 0 aliphatic rings. The molecule has 3 nitrogen and oxygen atoms in total. The largest absolute Gasteiger partial charge is 0.472 e. The van der Waals surface area contributed by atoms with Crippen molar-refractivity contribution >= 4 is 23.0 Å². The lowest BCUT2D eigenvalue weighted by atomic mass is 10.1. The minimum atomic E-state index is 0.588. The second kappa shape index (κ2) is 4.72. The Morgan fingerprint density at radius 1 is 1.41 bits per heavy atom. The van der Waals surface area contributed by atoms with Crippen LogP contribution in [0.25, 0.3) is 0 Å². The molecule has 2 rings (SSSR count). The molecule has 0 fully saturated rings. The molecule has 0 amide bonds. The molecule has 0 radical (unpaired) electrons. The van der Waals surface area contributed by atoms with Crippen molar-refractivity contribution in [1.82, 2.24) is 0 Å². The predicted molar refractivity (Wildman–Crippen MR) is 71.4 cm³/mol. The van der Waals surface area contributed by atoms with E-state index in [1.807, 2.05) is 32.2 Å². The second-order valence-electron chi connectivity index (χ2n) is 4.15. The smallest absolute Gasteiger partial charge is 0.0952 e. The standard InChI is InChI=1S/C13H15ClN2O/c1-9-5-12(15)11(14)6-13(9)16(2)7-10-3-4-17-8-10/h3-6,8H,7,15H2,1-2H3. The zero-order valence-corrected chi connectivity index (χ0v) is 10.7. The molecule has 0 aliphatic heterocycles. The van der Waals surface area contributed by atoms with E-state index >= 15 is 0 Å². The highest BCUT2D eigenvalue weighted by Gasteiger charge is 2.09. The fourth-order valence-electron chi connectivity index (χ4n) is 1.85. The molecule has 2 N–H and O–H groups in total. The highest BCUT2D eigenvalue weighted by Crippen LogP contribution is 2.29. The van der Waals surface area contributed by atoms with Crippen molar-refractivity contribution < 1.29 is 4.42 Å². The third kappa shape index (κ3) is 2.56. The number of rotatable bonds is 3. The summed E-state index contributed by atoms with van der Waals surface area (Å²) in [5.74, 6) is 0. The number of aryl methyl sites for hydroxylation is 1. The van der Waals surface area contributed by atoms with Gasteiger partial charge in [0.25, 0.3) is 0 Å². The van der Waals surface area contributed by atoms with Gasteiger partial charge in [-0.25, -0.2) is 0 Å². The summed E-state index contributed by atoms with van der Waals surface area (Å²) in [7, 11) is 2.02. The number of hydrogen-bond acceptors (Lipinski definition) is 3. The van der Waals surface area contributed by atoms with E-state index < -0.39 is 0 Å². The SMILES string of the molecule is Cc1cc(N)c(Cl)cc1N(C)Cc1ccoc1. The summed E-state index contributed by atoms with van der Waals surface area (Å²) < 4.78 is 5.05. The maximum atomic E-state index is 6.04. The zero-order chi connectivity index (χ0) is 12.4. The molecule has 90 valence electrons. The van der Waals surface area contributed by atoms with Crippen LogP contribution < -0.4 is 10.6 Å². The molecule has 0 bridgehead atoms. The van der Waals surface area contributed by atoms with Crippen molar-refractivity contribution in [3.8, 4) is 0 Å². The topological polar surface area (TPSA) is 42.4 Å². The lowest BCUT2D eigenvalue weighted by Gasteiger charge is -2.21. The van der Waals surface area contributed by atoms with Gasteiger partial charge < -0.3 is 15.1 Å². The number of furan rings is 1. The summed E-state index contributed by atoms with van der Waals surface area (Å²) >= 11 is 6.04. The quantitative estimate of drug-likeness (QED) is 0.849. The fraction of sp³-hybridized carbons (Fsp3) is 0.231. The summed E-state index contributed by atoms with van der Waals surface area (Å²) in [6.45, 7) is 2.80. The van der Waals surface area contributed by atoms with E-state index in [2.05, 4.69) is 4.90 Å². The predicted octanol–water partition coefficient (Wildman–Crippen LogP) is 3.46. The second-order valence-corrected chi connectivity index (χ2v) is 4.56. The van der Waals surface area contributed by atoms with Gasteiger partial charge >= 0.3 is 0 Å². The van der Waals surface area contributed by atoms with Gasteiger partial charge in [-0.1, -0.05) is 11.6 Å². The molecule has 0 aliphatic carbocycles. The molecule has 0 spiro atoms. The van der Waals surface area contributed by atoms with E-state index in [4.69, 9.17) is 21.8 Å². The van der Waals surface area contributed by atoms with Crippen LogP contribution in [0.5, 0.6) is 0 Å².